The molecule has 0 unspecified atom stereocenters. The van der Waals surface area contributed by atoms with E-state index < -0.39 is 0 Å². The van der Waals surface area contributed by atoms with E-state index in [0.29, 0.717) is 36.7 Å². The van der Waals surface area contributed by atoms with Crippen molar-refractivity contribution in [1.82, 2.24) is 0 Å². The van der Waals surface area contributed by atoms with Gasteiger partial charge in [0.05, 0.1) is 0 Å². The highest BCUT2D eigenvalue weighted by atomic mass is 16.1. The molecule has 0 radical (unpaired) electrons. The van der Waals surface area contributed by atoms with Crippen LogP contribution in [0.1, 0.15) is 46.0 Å². The maximum absolute atomic E-state index is 12.2. The van der Waals surface area contributed by atoms with Gasteiger partial charge in [-0.1, -0.05) is 19.1 Å². The minimum absolute atomic E-state index is 0.222. The van der Waals surface area contributed by atoms with Crippen molar-refractivity contribution in [2.45, 2.75) is 46.0 Å². The fourth-order valence-electron chi connectivity index (χ4n) is 3.18. The van der Waals surface area contributed by atoms with Crippen LogP contribution in [0, 0.1) is 17.3 Å². The SMILES string of the molecule is C=C(C)[C@@H]1CC(=O)[C@]2(C)CCC(=O)C[C@@H]2C1. The Morgan fingerprint density at radius 2 is 2.06 bits per heavy atom. The number of carbonyl (C=O) groups is 2. The van der Waals surface area contributed by atoms with Crippen molar-refractivity contribution in [3.8, 4) is 0 Å². The molecule has 16 heavy (non-hydrogen) atoms. The van der Waals surface area contributed by atoms with Crippen LogP contribution in [0.15, 0.2) is 12.2 Å². The number of allylic oxidation sites excluding steroid dienone is 1. The number of rotatable bonds is 1. The molecule has 0 heterocycles. The van der Waals surface area contributed by atoms with Crippen LogP contribution in [0.5, 0.6) is 0 Å². The number of hydrogen-bond acceptors (Lipinski definition) is 2. The van der Waals surface area contributed by atoms with Crippen molar-refractivity contribution in [1.29, 1.82) is 0 Å². The van der Waals surface area contributed by atoms with Gasteiger partial charge in [-0.25, -0.2) is 0 Å². The molecular weight excluding hydrogens is 200 g/mol. The molecule has 0 aromatic heterocycles. The number of ketones is 2. The quantitative estimate of drug-likeness (QED) is 0.637. The topological polar surface area (TPSA) is 34.1 Å². The molecule has 2 aliphatic rings. The molecule has 2 rings (SSSR count). The molecule has 2 saturated carbocycles. The summed E-state index contributed by atoms with van der Waals surface area (Å²) in [5, 5.41) is 0. The van der Waals surface area contributed by atoms with Gasteiger partial charge >= 0.3 is 0 Å². The highest BCUT2D eigenvalue weighted by Crippen LogP contribution is 2.49. The second-order valence-electron chi connectivity index (χ2n) is 5.76. The Hall–Kier alpha value is -0.920. The molecule has 2 fully saturated rings. The van der Waals surface area contributed by atoms with Gasteiger partial charge in [0.25, 0.3) is 0 Å². The maximum Gasteiger partial charge on any atom is 0.139 e. The normalized spacial score (nSPS) is 39.4. The molecule has 2 aliphatic carbocycles. The molecule has 0 aromatic carbocycles. The summed E-state index contributed by atoms with van der Waals surface area (Å²) in [6, 6.07) is 0. The van der Waals surface area contributed by atoms with E-state index in [1.54, 1.807) is 0 Å². The molecule has 0 bridgehead atoms. The first-order valence-corrected chi connectivity index (χ1v) is 6.14. The van der Waals surface area contributed by atoms with Gasteiger partial charge in [-0.05, 0) is 31.6 Å². The summed E-state index contributed by atoms with van der Waals surface area (Å²) in [6.45, 7) is 8.00. The summed E-state index contributed by atoms with van der Waals surface area (Å²) < 4.78 is 0. The lowest BCUT2D eigenvalue weighted by molar-refractivity contribution is -0.142. The third kappa shape index (κ3) is 1.74. The van der Waals surface area contributed by atoms with Gasteiger partial charge in [0.15, 0.2) is 0 Å². The first-order valence-electron chi connectivity index (χ1n) is 6.14. The summed E-state index contributed by atoms with van der Waals surface area (Å²) in [4.78, 5) is 23.7. The lowest BCUT2D eigenvalue weighted by Crippen LogP contribution is -2.46. The molecule has 0 amide bonds. The molecule has 2 heteroatoms. The number of carbonyl (C=O) groups excluding carboxylic acids is 2. The molecule has 0 spiro atoms. The summed E-state index contributed by atoms with van der Waals surface area (Å²) in [6.07, 6.45) is 3.57. The summed E-state index contributed by atoms with van der Waals surface area (Å²) in [5.74, 6) is 1.25. The Labute approximate surface area is 97.1 Å². The largest absolute Gasteiger partial charge is 0.300 e. The Morgan fingerprint density at radius 1 is 1.38 bits per heavy atom. The van der Waals surface area contributed by atoms with Crippen molar-refractivity contribution >= 4 is 11.6 Å². The van der Waals surface area contributed by atoms with Crippen molar-refractivity contribution < 1.29 is 9.59 Å². The summed E-state index contributed by atoms with van der Waals surface area (Å²) in [5.41, 5.74) is 0.869. The lowest BCUT2D eigenvalue weighted by atomic mass is 9.57. The molecule has 0 aliphatic heterocycles. The van der Waals surface area contributed by atoms with Gasteiger partial charge < -0.3 is 0 Å². The van der Waals surface area contributed by atoms with Crippen molar-refractivity contribution in [3.63, 3.8) is 0 Å². The van der Waals surface area contributed by atoms with Gasteiger partial charge in [-0.15, -0.1) is 0 Å². The lowest BCUT2D eigenvalue weighted by Gasteiger charge is -2.45. The van der Waals surface area contributed by atoms with Crippen LogP contribution >= 0.6 is 0 Å². The van der Waals surface area contributed by atoms with E-state index in [-0.39, 0.29) is 11.3 Å². The standard InChI is InChI=1S/C14H20O2/c1-9(2)10-6-11-8-12(15)4-5-14(11,3)13(16)7-10/h10-11H,1,4-8H2,2-3H3/t10-,11-,14+/m0/s1. The number of Topliss-reactive ketones (excluding diaryl/α,β-unsaturated/α-hetero) is 2. The Balaban J connectivity index is 2.23. The molecule has 0 N–H and O–H groups in total. The summed E-state index contributed by atoms with van der Waals surface area (Å²) >= 11 is 0. The average molecular weight is 220 g/mol. The number of fused-ring (bicyclic) bond motifs is 1. The van der Waals surface area contributed by atoms with Gasteiger partial charge in [-0.3, -0.25) is 9.59 Å². The zero-order chi connectivity index (χ0) is 11.9. The van der Waals surface area contributed by atoms with Gasteiger partial charge in [-0.2, -0.15) is 0 Å². The van der Waals surface area contributed by atoms with Crippen molar-refractivity contribution in [2.24, 2.45) is 17.3 Å². The Morgan fingerprint density at radius 3 is 2.69 bits per heavy atom. The molecule has 88 valence electrons. The van der Waals surface area contributed by atoms with E-state index >= 15 is 0 Å². The van der Waals surface area contributed by atoms with Gasteiger partial charge in [0.2, 0.25) is 0 Å². The van der Waals surface area contributed by atoms with Gasteiger partial charge in [0, 0.05) is 24.7 Å². The second-order valence-corrected chi connectivity index (χ2v) is 5.76. The fourth-order valence-corrected chi connectivity index (χ4v) is 3.18. The van der Waals surface area contributed by atoms with E-state index in [9.17, 15) is 9.59 Å². The van der Waals surface area contributed by atoms with Crippen molar-refractivity contribution in [2.75, 3.05) is 0 Å². The first kappa shape index (κ1) is 11.6. The maximum atomic E-state index is 12.2. The third-order valence-corrected chi connectivity index (χ3v) is 4.63. The van der Waals surface area contributed by atoms with Crippen LogP contribution in [-0.2, 0) is 9.59 Å². The molecule has 3 atom stereocenters. The van der Waals surface area contributed by atoms with E-state index in [1.807, 2.05) is 6.92 Å². The first-order chi connectivity index (χ1) is 7.43. The number of hydrogen-bond donors (Lipinski definition) is 0. The van der Waals surface area contributed by atoms with Crippen LogP contribution in [0.25, 0.3) is 0 Å². The van der Waals surface area contributed by atoms with E-state index in [2.05, 4.69) is 13.5 Å². The van der Waals surface area contributed by atoms with E-state index in [0.717, 1.165) is 18.4 Å². The molecule has 2 nitrogen and oxygen atoms in total. The predicted molar refractivity (Wildman–Crippen MR) is 63.0 cm³/mol. The zero-order valence-electron chi connectivity index (χ0n) is 10.2. The highest BCUT2D eigenvalue weighted by Gasteiger charge is 2.48. The fraction of sp³-hybridized carbons (Fsp3) is 0.714. The molecular formula is C14H20O2. The van der Waals surface area contributed by atoms with E-state index in [4.69, 9.17) is 0 Å². The minimum atomic E-state index is -0.222. The van der Waals surface area contributed by atoms with Crippen LogP contribution < -0.4 is 0 Å². The Bertz CT molecular complexity index is 356. The third-order valence-electron chi connectivity index (χ3n) is 4.63. The molecule has 0 aromatic rings. The van der Waals surface area contributed by atoms with Gasteiger partial charge in [0.1, 0.15) is 11.6 Å². The predicted octanol–water partition coefficient (Wildman–Crippen LogP) is 2.92. The average Bonchev–Trinajstić information content (AvgIpc) is 2.21. The highest BCUT2D eigenvalue weighted by molar-refractivity contribution is 5.90. The van der Waals surface area contributed by atoms with Crippen LogP contribution in [0.2, 0.25) is 0 Å². The van der Waals surface area contributed by atoms with Crippen LogP contribution in [-0.4, -0.2) is 11.6 Å². The smallest absolute Gasteiger partial charge is 0.139 e. The molecule has 0 saturated heterocycles. The second kappa shape index (κ2) is 3.83. The zero-order valence-corrected chi connectivity index (χ0v) is 10.2. The van der Waals surface area contributed by atoms with Crippen LogP contribution in [0.4, 0.5) is 0 Å². The monoisotopic (exact) mass is 220 g/mol. The Kier molecular flexibility index (Phi) is 2.77. The van der Waals surface area contributed by atoms with Crippen molar-refractivity contribution in [3.05, 3.63) is 12.2 Å². The van der Waals surface area contributed by atoms with E-state index in [1.165, 1.54) is 0 Å². The van der Waals surface area contributed by atoms with Crippen LogP contribution in [0.3, 0.4) is 0 Å². The summed E-state index contributed by atoms with van der Waals surface area (Å²) in [7, 11) is 0. The minimum Gasteiger partial charge on any atom is -0.300 e.